The normalized spacial score (nSPS) is 11.1. The quantitative estimate of drug-likeness (QED) is 0.819. The molecule has 0 amide bonds. The van der Waals surface area contributed by atoms with E-state index in [9.17, 15) is 0 Å². The van der Waals surface area contributed by atoms with Crippen molar-refractivity contribution in [2.75, 3.05) is 0 Å². The van der Waals surface area contributed by atoms with Gasteiger partial charge in [0.15, 0.2) is 5.65 Å². The van der Waals surface area contributed by atoms with Crippen LogP contribution in [0.4, 0.5) is 0 Å². The van der Waals surface area contributed by atoms with Gasteiger partial charge in [-0.25, -0.2) is 9.67 Å². The molecular formula is C9H11ClN4. The Morgan fingerprint density at radius 2 is 2.29 bits per heavy atom. The van der Waals surface area contributed by atoms with E-state index in [1.165, 1.54) is 0 Å². The molecule has 0 unspecified atom stereocenters. The summed E-state index contributed by atoms with van der Waals surface area (Å²) in [5.41, 5.74) is 7.20. The zero-order valence-corrected chi connectivity index (χ0v) is 8.62. The maximum Gasteiger partial charge on any atom is 0.159 e. The second kappa shape index (κ2) is 3.55. The number of aromatic nitrogens is 3. The third-order valence-corrected chi connectivity index (χ3v) is 2.64. The predicted octanol–water partition coefficient (Wildman–Crippen LogP) is 1.56. The Labute approximate surface area is 86.7 Å². The average molecular weight is 211 g/mol. The number of halogens is 1. The number of nitrogens with zero attached hydrogens (tertiary/aromatic N) is 3. The molecule has 2 rings (SSSR count). The lowest BCUT2D eigenvalue weighted by Gasteiger charge is -2.02. The van der Waals surface area contributed by atoms with Gasteiger partial charge in [-0.2, -0.15) is 5.10 Å². The minimum Gasteiger partial charge on any atom is -0.326 e. The van der Waals surface area contributed by atoms with E-state index in [-0.39, 0.29) is 0 Å². The van der Waals surface area contributed by atoms with Crippen molar-refractivity contribution in [1.82, 2.24) is 14.8 Å². The molecule has 0 atom stereocenters. The van der Waals surface area contributed by atoms with Crippen LogP contribution in [0, 0.1) is 0 Å². The molecule has 2 heterocycles. The minimum absolute atomic E-state index is 0.402. The monoisotopic (exact) mass is 210 g/mol. The van der Waals surface area contributed by atoms with Crippen LogP contribution >= 0.6 is 11.6 Å². The van der Waals surface area contributed by atoms with Crippen molar-refractivity contribution in [3.05, 3.63) is 23.0 Å². The molecule has 74 valence electrons. The third kappa shape index (κ3) is 1.27. The molecule has 0 bridgehead atoms. The first-order chi connectivity index (χ1) is 6.77. The SMILES string of the molecule is CCn1ncc2c(Cl)c(CN)cnc21. The van der Waals surface area contributed by atoms with Gasteiger partial charge in [0.2, 0.25) is 0 Å². The molecule has 4 nitrogen and oxygen atoms in total. The van der Waals surface area contributed by atoms with Gasteiger partial charge in [0.05, 0.1) is 16.6 Å². The van der Waals surface area contributed by atoms with Crippen LogP contribution in [0.5, 0.6) is 0 Å². The van der Waals surface area contributed by atoms with Crippen LogP contribution in [0.2, 0.25) is 5.02 Å². The molecule has 0 spiro atoms. The summed E-state index contributed by atoms with van der Waals surface area (Å²) in [4.78, 5) is 4.28. The molecule has 0 aliphatic rings. The standard InChI is InChI=1S/C9H11ClN4/c1-2-14-9-7(5-13-14)8(10)6(3-11)4-12-9/h4-5H,2-3,11H2,1H3. The zero-order valence-electron chi connectivity index (χ0n) is 7.87. The number of hydrogen-bond donors (Lipinski definition) is 1. The molecule has 14 heavy (non-hydrogen) atoms. The molecule has 0 saturated carbocycles. The number of hydrogen-bond acceptors (Lipinski definition) is 3. The lowest BCUT2D eigenvalue weighted by atomic mass is 10.2. The van der Waals surface area contributed by atoms with E-state index in [2.05, 4.69) is 10.1 Å². The van der Waals surface area contributed by atoms with Crippen LogP contribution in [-0.4, -0.2) is 14.8 Å². The van der Waals surface area contributed by atoms with E-state index in [0.717, 1.165) is 23.1 Å². The smallest absolute Gasteiger partial charge is 0.159 e. The van der Waals surface area contributed by atoms with Crippen LogP contribution in [0.25, 0.3) is 11.0 Å². The fourth-order valence-electron chi connectivity index (χ4n) is 1.41. The molecule has 0 aliphatic heterocycles. The summed E-state index contributed by atoms with van der Waals surface area (Å²) in [7, 11) is 0. The van der Waals surface area contributed by atoms with Gasteiger partial charge in [0.25, 0.3) is 0 Å². The summed E-state index contributed by atoms with van der Waals surface area (Å²) < 4.78 is 1.81. The van der Waals surface area contributed by atoms with Crippen molar-refractivity contribution in [1.29, 1.82) is 0 Å². The van der Waals surface area contributed by atoms with Gasteiger partial charge in [-0.05, 0) is 6.92 Å². The Balaban J connectivity index is 2.72. The number of aryl methyl sites for hydroxylation is 1. The highest BCUT2D eigenvalue weighted by Crippen LogP contribution is 2.24. The van der Waals surface area contributed by atoms with Gasteiger partial charge in [-0.3, -0.25) is 0 Å². The van der Waals surface area contributed by atoms with Gasteiger partial charge >= 0.3 is 0 Å². The number of pyridine rings is 1. The second-order valence-electron chi connectivity index (χ2n) is 3.00. The number of fused-ring (bicyclic) bond motifs is 1. The van der Waals surface area contributed by atoms with E-state index in [4.69, 9.17) is 17.3 Å². The molecule has 0 aliphatic carbocycles. The summed E-state index contributed by atoms with van der Waals surface area (Å²) in [6.07, 6.45) is 3.44. The highest BCUT2D eigenvalue weighted by Gasteiger charge is 2.09. The first kappa shape index (κ1) is 9.43. The Morgan fingerprint density at radius 3 is 2.93 bits per heavy atom. The van der Waals surface area contributed by atoms with E-state index in [0.29, 0.717) is 11.6 Å². The van der Waals surface area contributed by atoms with Crippen LogP contribution < -0.4 is 5.73 Å². The minimum atomic E-state index is 0.402. The molecule has 2 aromatic rings. The van der Waals surface area contributed by atoms with Crippen LogP contribution in [0.3, 0.4) is 0 Å². The lowest BCUT2D eigenvalue weighted by molar-refractivity contribution is 0.676. The second-order valence-corrected chi connectivity index (χ2v) is 3.38. The molecule has 2 aromatic heterocycles. The predicted molar refractivity (Wildman–Crippen MR) is 56.1 cm³/mol. The molecule has 0 fully saturated rings. The Hall–Kier alpha value is -1.13. The Bertz CT molecular complexity index is 463. The first-order valence-electron chi connectivity index (χ1n) is 4.47. The zero-order chi connectivity index (χ0) is 10.1. The fraction of sp³-hybridized carbons (Fsp3) is 0.333. The largest absolute Gasteiger partial charge is 0.326 e. The van der Waals surface area contributed by atoms with E-state index >= 15 is 0 Å². The van der Waals surface area contributed by atoms with Gasteiger partial charge in [0, 0.05) is 24.8 Å². The summed E-state index contributed by atoms with van der Waals surface area (Å²) >= 11 is 6.14. The average Bonchev–Trinajstić information content (AvgIpc) is 2.62. The van der Waals surface area contributed by atoms with Gasteiger partial charge in [0.1, 0.15) is 0 Å². The Kier molecular flexibility index (Phi) is 2.39. The van der Waals surface area contributed by atoms with E-state index in [1.807, 2.05) is 11.6 Å². The molecule has 0 aromatic carbocycles. The van der Waals surface area contributed by atoms with Crippen molar-refractivity contribution in [3.63, 3.8) is 0 Å². The van der Waals surface area contributed by atoms with E-state index in [1.54, 1.807) is 12.4 Å². The summed E-state index contributed by atoms with van der Waals surface area (Å²) in [6, 6.07) is 0. The maximum atomic E-state index is 6.14. The molecular weight excluding hydrogens is 200 g/mol. The Morgan fingerprint density at radius 1 is 1.50 bits per heavy atom. The van der Waals surface area contributed by atoms with Crippen molar-refractivity contribution in [3.8, 4) is 0 Å². The van der Waals surface area contributed by atoms with Crippen molar-refractivity contribution >= 4 is 22.6 Å². The first-order valence-corrected chi connectivity index (χ1v) is 4.84. The van der Waals surface area contributed by atoms with E-state index < -0.39 is 0 Å². The van der Waals surface area contributed by atoms with Crippen molar-refractivity contribution in [2.45, 2.75) is 20.0 Å². The number of rotatable bonds is 2. The van der Waals surface area contributed by atoms with Gasteiger partial charge in [-0.15, -0.1) is 0 Å². The third-order valence-electron chi connectivity index (χ3n) is 2.19. The van der Waals surface area contributed by atoms with Crippen LogP contribution in [0.1, 0.15) is 12.5 Å². The lowest BCUT2D eigenvalue weighted by Crippen LogP contribution is -2.00. The summed E-state index contributed by atoms with van der Waals surface area (Å²) in [5, 5.41) is 5.71. The van der Waals surface area contributed by atoms with Crippen LogP contribution in [-0.2, 0) is 13.1 Å². The molecule has 0 radical (unpaired) electrons. The highest BCUT2D eigenvalue weighted by atomic mass is 35.5. The summed E-state index contributed by atoms with van der Waals surface area (Å²) in [5.74, 6) is 0. The highest BCUT2D eigenvalue weighted by molar-refractivity contribution is 6.35. The molecule has 0 saturated heterocycles. The van der Waals surface area contributed by atoms with Crippen molar-refractivity contribution < 1.29 is 0 Å². The maximum absolute atomic E-state index is 6.14. The molecule has 5 heteroatoms. The van der Waals surface area contributed by atoms with Crippen molar-refractivity contribution in [2.24, 2.45) is 5.73 Å². The van der Waals surface area contributed by atoms with Gasteiger partial charge in [-0.1, -0.05) is 11.6 Å². The van der Waals surface area contributed by atoms with Crippen LogP contribution in [0.15, 0.2) is 12.4 Å². The molecule has 2 N–H and O–H groups in total. The number of nitrogens with two attached hydrogens (primary N) is 1. The van der Waals surface area contributed by atoms with Gasteiger partial charge < -0.3 is 5.73 Å². The fourth-order valence-corrected chi connectivity index (χ4v) is 1.67. The summed E-state index contributed by atoms with van der Waals surface area (Å²) in [6.45, 7) is 3.20. The topological polar surface area (TPSA) is 56.7 Å².